The molecular weight excluding hydrogens is 431 g/mol. The van der Waals surface area contributed by atoms with Gasteiger partial charge >= 0.3 is 12.1 Å². The van der Waals surface area contributed by atoms with E-state index in [0.717, 1.165) is 22.6 Å². The van der Waals surface area contributed by atoms with Crippen molar-refractivity contribution in [3.63, 3.8) is 0 Å². The molecule has 5 nitrogen and oxygen atoms in total. The minimum atomic E-state index is -4.58. The quantitative estimate of drug-likeness (QED) is 0.247. The molecule has 0 heterocycles. The number of nitro benzene ring substituents is 1. The average Bonchev–Trinajstić information content (AvgIpc) is 2.73. The summed E-state index contributed by atoms with van der Waals surface area (Å²) in [6.07, 6.45) is -4.58. The molecule has 0 bridgehead atoms. The maximum atomic E-state index is 12.8. The van der Waals surface area contributed by atoms with E-state index in [-0.39, 0.29) is 17.9 Å². The van der Waals surface area contributed by atoms with Crippen molar-refractivity contribution in [3.05, 3.63) is 99.1 Å². The number of aryl methyl sites for hydroxylation is 1. The molecule has 0 amide bonds. The van der Waals surface area contributed by atoms with Gasteiger partial charge in [-0.1, -0.05) is 41.6 Å². The Balaban J connectivity index is 1.73. The number of hydrogen-bond donors (Lipinski definition) is 0. The zero-order valence-corrected chi connectivity index (χ0v) is 17.0. The first-order chi connectivity index (χ1) is 14.6. The first-order valence-corrected chi connectivity index (χ1v) is 9.81. The third-order valence-electron chi connectivity index (χ3n) is 4.26. The van der Waals surface area contributed by atoms with Crippen LogP contribution in [0.2, 0.25) is 0 Å². The van der Waals surface area contributed by atoms with Gasteiger partial charge in [-0.05, 0) is 48.9 Å². The van der Waals surface area contributed by atoms with Crippen molar-refractivity contribution >= 4 is 23.4 Å². The second-order valence-corrected chi connectivity index (χ2v) is 7.74. The van der Waals surface area contributed by atoms with Gasteiger partial charge in [0.1, 0.15) is 6.61 Å². The molecule has 0 fully saturated rings. The van der Waals surface area contributed by atoms with Crippen LogP contribution in [0.5, 0.6) is 0 Å². The predicted octanol–water partition coefficient (Wildman–Crippen LogP) is 6.43. The molecule has 0 radical (unpaired) electrons. The molecule has 0 N–H and O–H groups in total. The van der Waals surface area contributed by atoms with E-state index >= 15 is 0 Å². The van der Waals surface area contributed by atoms with Gasteiger partial charge < -0.3 is 4.74 Å². The maximum Gasteiger partial charge on any atom is 0.416 e. The van der Waals surface area contributed by atoms with Crippen LogP contribution >= 0.6 is 11.8 Å². The molecule has 31 heavy (non-hydrogen) atoms. The Labute approximate surface area is 180 Å². The lowest BCUT2D eigenvalue weighted by molar-refractivity contribution is -0.387. The van der Waals surface area contributed by atoms with Gasteiger partial charge in [0.05, 0.1) is 20.9 Å². The lowest BCUT2D eigenvalue weighted by Crippen LogP contribution is -2.09. The highest BCUT2D eigenvalue weighted by atomic mass is 32.2. The van der Waals surface area contributed by atoms with Crippen molar-refractivity contribution in [3.8, 4) is 0 Å². The van der Waals surface area contributed by atoms with Crippen LogP contribution in [-0.2, 0) is 17.5 Å². The summed E-state index contributed by atoms with van der Waals surface area (Å²) in [5.74, 6) is -0.952. The summed E-state index contributed by atoms with van der Waals surface area (Å²) >= 11 is 1.23. The molecule has 3 aromatic rings. The number of nitrogens with zero attached hydrogens (tertiary/aromatic N) is 1. The normalized spacial score (nSPS) is 11.2. The number of ether oxygens (including phenoxy) is 1. The van der Waals surface area contributed by atoms with E-state index in [2.05, 4.69) is 0 Å². The summed E-state index contributed by atoms with van der Waals surface area (Å²) in [7, 11) is 0. The van der Waals surface area contributed by atoms with Gasteiger partial charge in [0.2, 0.25) is 0 Å². The van der Waals surface area contributed by atoms with E-state index < -0.39 is 22.6 Å². The number of alkyl halides is 3. The molecule has 9 heteroatoms. The second kappa shape index (κ2) is 9.22. The van der Waals surface area contributed by atoms with Crippen molar-refractivity contribution in [2.45, 2.75) is 29.5 Å². The summed E-state index contributed by atoms with van der Waals surface area (Å²) in [6.45, 7) is 1.62. The van der Waals surface area contributed by atoms with Crippen molar-refractivity contribution in [2.75, 3.05) is 0 Å². The zero-order valence-electron chi connectivity index (χ0n) is 16.2. The van der Waals surface area contributed by atoms with E-state index in [1.807, 2.05) is 31.2 Å². The lowest BCUT2D eigenvalue weighted by atomic mass is 10.1. The largest absolute Gasteiger partial charge is 0.457 e. The molecule has 0 aliphatic carbocycles. The van der Waals surface area contributed by atoms with Crippen LogP contribution in [-0.4, -0.2) is 10.9 Å². The summed E-state index contributed by atoms with van der Waals surface area (Å²) in [5.41, 5.74) is 0.0428. The minimum Gasteiger partial charge on any atom is -0.457 e. The van der Waals surface area contributed by atoms with Crippen molar-refractivity contribution in [2.24, 2.45) is 0 Å². The number of carbonyl (C=O) groups excluding carboxylic acids is 1. The third-order valence-corrected chi connectivity index (χ3v) is 5.34. The van der Waals surface area contributed by atoms with Gasteiger partial charge in [0.25, 0.3) is 5.69 Å². The average molecular weight is 447 g/mol. The smallest absolute Gasteiger partial charge is 0.416 e. The maximum absolute atomic E-state index is 12.8. The first-order valence-electron chi connectivity index (χ1n) is 9.00. The van der Waals surface area contributed by atoms with Crippen LogP contribution in [0.15, 0.2) is 76.5 Å². The van der Waals surface area contributed by atoms with Gasteiger partial charge in [-0.15, -0.1) is 0 Å². The number of rotatable bonds is 6. The van der Waals surface area contributed by atoms with Gasteiger partial charge in [-0.2, -0.15) is 13.2 Å². The van der Waals surface area contributed by atoms with Gasteiger partial charge in [-0.25, -0.2) is 4.79 Å². The molecule has 0 saturated heterocycles. The Bertz CT molecular complexity index is 1110. The number of esters is 1. The molecule has 0 spiro atoms. The minimum absolute atomic E-state index is 0.154. The van der Waals surface area contributed by atoms with Crippen molar-refractivity contribution in [1.82, 2.24) is 0 Å². The van der Waals surface area contributed by atoms with Gasteiger partial charge in [0.15, 0.2) is 0 Å². The van der Waals surface area contributed by atoms with Gasteiger partial charge in [0, 0.05) is 11.0 Å². The molecule has 0 aliphatic heterocycles. The summed E-state index contributed by atoms with van der Waals surface area (Å²) in [5, 5.41) is 11.5. The highest BCUT2D eigenvalue weighted by Gasteiger charge is 2.31. The molecular formula is C22H16F3NO4S. The molecule has 0 aliphatic rings. The molecule has 0 unspecified atom stereocenters. The molecule has 160 valence electrons. The highest BCUT2D eigenvalue weighted by molar-refractivity contribution is 7.99. The van der Waals surface area contributed by atoms with E-state index in [4.69, 9.17) is 4.74 Å². The Morgan fingerprint density at radius 3 is 2.42 bits per heavy atom. The molecule has 0 aromatic heterocycles. The predicted molar refractivity (Wildman–Crippen MR) is 109 cm³/mol. The summed E-state index contributed by atoms with van der Waals surface area (Å²) in [4.78, 5) is 24.3. The summed E-state index contributed by atoms with van der Waals surface area (Å²) in [6, 6.07) is 15.8. The monoisotopic (exact) mass is 447 g/mol. The SMILES string of the molecule is Cc1ccc(Sc2ccc(COC(=O)c3cccc(C(F)(F)F)c3)cc2[N+](=O)[O-])cc1. The van der Waals surface area contributed by atoms with E-state index in [0.29, 0.717) is 16.5 Å². The molecule has 3 aromatic carbocycles. The van der Waals surface area contributed by atoms with Crippen LogP contribution in [0.3, 0.4) is 0 Å². The molecule has 3 rings (SSSR count). The second-order valence-electron chi connectivity index (χ2n) is 6.63. The molecule has 0 saturated carbocycles. The van der Waals surface area contributed by atoms with Crippen LogP contribution in [0.1, 0.15) is 27.0 Å². The Morgan fingerprint density at radius 1 is 1.06 bits per heavy atom. The fourth-order valence-electron chi connectivity index (χ4n) is 2.67. The van der Waals surface area contributed by atoms with Crippen LogP contribution in [0.25, 0.3) is 0 Å². The Hall–Kier alpha value is -3.33. The highest BCUT2D eigenvalue weighted by Crippen LogP contribution is 2.35. The third kappa shape index (κ3) is 5.85. The fraction of sp³-hybridized carbons (Fsp3) is 0.136. The van der Waals surface area contributed by atoms with Crippen molar-refractivity contribution < 1.29 is 27.6 Å². The number of carbonyl (C=O) groups is 1. The molecule has 0 atom stereocenters. The van der Waals surface area contributed by atoms with Crippen LogP contribution in [0, 0.1) is 17.0 Å². The Morgan fingerprint density at radius 2 is 1.77 bits per heavy atom. The van der Waals surface area contributed by atoms with Crippen LogP contribution < -0.4 is 0 Å². The number of halogens is 3. The topological polar surface area (TPSA) is 69.4 Å². The summed E-state index contributed by atoms with van der Waals surface area (Å²) < 4.78 is 43.4. The van der Waals surface area contributed by atoms with Crippen molar-refractivity contribution in [1.29, 1.82) is 0 Å². The number of nitro groups is 1. The Kier molecular flexibility index (Phi) is 6.65. The van der Waals surface area contributed by atoms with Gasteiger partial charge in [-0.3, -0.25) is 10.1 Å². The van der Waals surface area contributed by atoms with E-state index in [9.17, 15) is 28.1 Å². The number of hydrogen-bond acceptors (Lipinski definition) is 5. The fourth-order valence-corrected chi connectivity index (χ4v) is 3.57. The lowest BCUT2D eigenvalue weighted by Gasteiger charge is -2.10. The van der Waals surface area contributed by atoms with Crippen LogP contribution in [0.4, 0.5) is 18.9 Å². The zero-order chi connectivity index (χ0) is 22.6. The standard InChI is InChI=1S/C22H16F3NO4S/c1-14-5-8-18(9-6-14)31-20-10-7-15(11-19(20)26(28)29)13-30-21(27)16-3-2-4-17(12-16)22(23,24)25/h2-12H,13H2,1H3. The first kappa shape index (κ1) is 22.4. The van der Waals surface area contributed by atoms with E-state index in [1.165, 1.54) is 23.9 Å². The number of benzene rings is 3. The van der Waals surface area contributed by atoms with E-state index in [1.54, 1.807) is 12.1 Å².